The van der Waals surface area contributed by atoms with Crippen molar-refractivity contribution < 1.29 is 19.5 Å². The van der Waals surface area contributed by atoms with Crippen molar-refractivity contribution in [2.24, 2.45) is 0 Å². The number of hydrogen-bond acceptors (Lipinski definition) is 3. The summed E-state index contributed by atoms with van der Waals surface area (Å²) in [5, 5.41) is 14.3. The number of rotatable bonds is 5. The monoisotopic (exact) mass is 358 g/mol. The number of hydrogen-bond donors (Lipinski definition) is 3. The average molecular weight is 359 g/mol. The minimum absolute atomic E-state index is 0.235. The summed E-state index contributed by atoms with van der Waals surface area (Å²) in [6.45, 7) is 1.83. The summed E-state index contributed by atoms with van der Waals surface area (Å²) in [6.07, 6.45) is 1.59. The highest BCUT2D eigenvalue weighted by molar-refractivity contribution is 6.31. The fourth-order valence-corrected chi connectivity index (χ4v) is 2.20. The number of aryl methyl sites for hydroxylation is 1. The van der Waals surface area contributed by atoms with Crippen molar-refractivity contribution in [1.82, 2.24) is 0 Å². The molecular formula is C18H15ClN2O4. The lowest BCUT2D eigenvalue weighted by Crippen LogP contribution is -2.17. The minimum Gasteiger partial charge on any atom is -0.478 e. The number of amides is 2. The topological polar surface area (TPSA) is 95.5 Å². The molecule has 0 radical (unpaired) electrons. The van der Waals surface area contributed by atoms with Crippen LogP contribution in [0.4, 0.5) is 11.4 Å². The fourth-order valence-electron chi connectivity index (χ4n) is 2.03. The third-order valence-corrected chi connectivity index (χ3v) is 3.49. The lowest BCUT2D eigenvalue weighted by atomic mass is 10.1. The number of carbonyl (C=O) groups is 3. The van der Waals surface area contributed by atoms with Crippen LogP contribution in [0.3, 0.4) is 0 Å². The number of benzene rings is 2. The van der Waals surface area contributed by atoms with Crippen LogP contribution >= 0.6 is 11.6 Å². The molecule has 0 saturated heterocycles. The molecule has 0 bridgehead atoms. The number of nitrogens with one attached hydrogen (secondary N) is 2. The molecule has 0 aliphatic rings. The smallest absolute Gasteiger partial charge is 0.328 e. The van der Waals surface area contributed by atoms with E-state index < -0.39 is 17.8 Å². The molecule has 0 unspecified atom stereocenters. The maximum absolute atomic E-state index is 12.5. The molecule has 0 aromatic heterocycles. The zero-order valence-corrected chi connectivity index (χ0v) is 14.0. The van der Waals surface area contributed by atoms with Crippen LogP contribution in [0, 0.1) is 6.92 Å². The van der Waals surface area contributed by atoms with Crippen LogP contribution in [-0.4, -0.2) is 22.9 Å². The van der Waals surface area contributed by atoms with Crippen molar-refractivity contribution in [3.8, 4) is 0 Å². The van der Waals surface area contributed by atoms with Crippen molar-refractivity contribution >= 4 is 40.8 Å². The molecule has 0 saturated carbocycles. The molecule has 2 aromatic carbocycles. The van der Waals surface area contributed by atoms with E-state index in [1.54, 1.807) is 42.5 Å². The first-order valence-electron chi connectivity index (χ1n) is 7.25. The van der Waals surface area contributed by atoms with Gasteiger partial charge in [0, 0.05) is 22.9 Å². The van der Waals surface area contributed by atoms with E-state index in [0.717, 1.165) is 11.6 Å². The largest absolute Gasteiger partial charge is 0.478 e. The molecule has 2 amide bonds. The van der Waals surface area contributed by atoms with E-state index in [9.17, 15) is 14.4 Å². The zero-order valence-electron chi connectivity index (χ0n) is 13.2. The van der Waals surface area contributed by atoms with Crippen LogP contribution in [0.2, 0.25) is 5.02 Å². The van der Waals surface area contributed by atoms with E-state index in [1.165, 1.54) is 0 Å². The number of carboxylic acid groups (broad SMARTS) is 1. The van der Waals surface area contributed by atoms with E-state index in [1.807, 2.05) is 6.92 Å². The SMILES string of the molecule is Cc1ccc(Cl)cc1NC(=O)c1ccccc1NC(=O)/C=C\C(=O)O. The highest BCUT2D eigenvalue weighted by atomic mass is 35.5. The van der Waals surface area contributed by atoms with Gasteiger partial charge in [0.2, 0.25) is 5.91 Å². The first kappa shape index (κ1) is 18.2. The highest BCUT2D eigenvalue weighted by Gasteiger charge is 2.13. The lowest BCUT2D eigenvalue weighted by molar-refractivity contribution is -0.131. The van der Waals surface area contributed by atoms with E-state index in [-0.39, 0.29) is 11.3 Å². The standard InChI is InChI=1S/C18H15ClN2O4/c1-11-6-7-12(19)10-15(11)21-18(25)13-4-2-3-5-14(13)20-16(22)8-9-17(23)24/h2-10H,1H3,(H,20,22)(H,21,25)(H,23,24)/b9-8-. The van der Waals surface area contributed by atoms with Gasteiger partial charge in [0.05, 0.1) is 11.3 Å². The number of para-hydroxylation sites is 1. The number of carboxylic acids is 1. The molecule has 0 fully saturated rings. The predicted octanol–water partition coefficient (Wildman–Crippen LogP) is 3.48. The Balaban J connectivity index is 2.21. The second kappa shape index (κ2) is 8.12. The van der Waals surface area contributed by atoms with E-state index >= 15 is 0 Å². The molecular weight excluding hydrogens is 344 g/mol. The predicted molar refractivity (Wildman–Crippen MR) is 96.0 cm³/mol. The summed E-state index contributed by atoms with van der Waals surface area (Å²) >= 11 is 5.94. The van der Waals surface area contributed by atoms with Crippen molar-refractivity contribution in [3.05, 3.63) is 70.8 Å². The van der Waals surface area contributed by atoms with Crippen LogP contribution in [-0.2, 0) is 9.59 Å². The van der Waals surface area contributed by atoms with Crippen LogP contribution in [0.25, 0.3) is 0 Å². The van der Waals surface area contributed by atoms with Gasteiger partial charge in [0.1, 0.15) is 0 Å². The summed E-state index contributed by atoms with van der Waals surface area (Å²) in [5.41, 5.74) is 1.90. The van der Waals surface area contributed by atoms with E-state index in [4.69, 9.17) is 16.7 Å². The van der Waals surface area contributed by atoms with Gasteiger partial charge in [-0.3, -0.25) is 9.59 Å². The number of carbonyl (C=O) groups excluding carboxylic acids is 2. The third kappa shape index (κ3) is 5.19. The molecule has 6 nitrogen and oxygen atoms in total. The molecule has 25 heavy (non-hydrogen) atoms. The molecule has 2 rings (SSSR count). The quantitative estimate of drug-likeness (QED) is 0.713. The third-order valence-electron chi connectivity index (χ3n) is 3.25. The minimum atomic E-state index is -1.24. The summed E-state index contributed by atoms with van der Waals surface area (Å²) in [5.74, 6) is -2.32. The molecule has 0 spiro atoms. The summed E-state index contributed by atoms with van der Waals surface area (Å²) < 4.78 is 0. The molecule has 0 heterocycles. The van der Waals surface area contributed by atoms with Gasteiger partial charge >= 0.3 is 5.97 Å². The zero-order chi connectivity index (χ0) is 18.4. The van der Waals surface area contributed by atoms with E-state index in [2.05, 4.69) is 10.6 Å². The Hall–Kier alpha value is -3.12. The Morgan fingerprint density at radius 2 is 1.72 bits per heavy atom. The van der Waals surface area contributed by atoms with Gasteiger partial charge in [-0.2, -0.15) is 0 Å². The Morgan fingerprint density at radius 3 is 2.44 bits per heavy atom. The number of anilines is 2. The Bertz CT molecular complexity index is 862. The first-order chi connectivity index (χ1) is 11.9. The molecule has 0 aliphatic carbocycles. The van der Waals surface area contributed by atoms with Gasteiger partial charge in [-0.25, -0.2) is 4.79 Å². The van der Waals surface area contributed by atoms with Crippen LogP contribution in [0.1, 0.15) is 15.9 Å². The second-order valence-electron chi connectivity index (χ2n) is 5.12. The van der Waals surface area contributed by atoms with Gasteiger partial charge in [0.25, 0.3) is 5.91 Å². The van der Waals surface area contributed by atoms with Crippen LogP contribution in [0.15, 0.2) is 54.6 Å². The molecule has 3 N–H and O–H groups in total. The number of aliphatic carboxylic acids is 1. The molecule has 0 atom stereocenters. The van der Waals surface area contributed by atoms with Gasteiger partial charge in [-0.15, -0.1) is 0 Å². The van der Waals surface area contributed by atoms with Crippen molar-refractivity contribution in [2.75, 3.05) is 10.6 Å². The Kier molecular flexibility index (Phi) is 5.92. The maximum Gasteiger partial charge on any atom is 0.328 e. The summed E-state index contributed by atoms with van der Waals surface area (Å²) in [4.78, 5) is 34.7. The van der Waals surface area contributed by atoms with Gasteiger partial charge in [0.15, 0.2) is 0 Å². The van der Waals surface area contributed by atoms with Crippen molar-refractivity contribution in [2.45, 2.75) is 6.92 Å². The number of halogens is 1. The molecule has 2 aromatic rings. The lowest BCUT2D eigenvalue weighted by Gasteiger charge is -2.12. The first-order valence-corrected chi connectivity index (χ1v) is 7.63. The fraction of sp³-hybridized carbons (Fsp3) is 0.0556. The van der Waals surface area contributed by atoms with Crippen LogP contribution < -0.4 is 10.6 Å². The Labute approximate surface area is 149 Å². The van der Waals surface area contributed by atoms with Crippen LogP contribution in [0.5, 0.6) is 0 Å². The summed E-state index contributed by atoms with van der Waals surface area (Å²) in [7, 11) is 0. The summed E-state index contributed by atoms with van der Waals surface area (Å²) in [6, 6.07) is 11.5. The van der Waals surface area contributed by atoms with E-state index in [0.29, 0.717) is 16.8 Å². The van der Waals surface area contributed by atoms with Gasteiger partial charge < -0.3 is 15.7 Å². The second-order valence-corrected chi connectivity index (χ2v) is 5.56. The highest BCUT2D eigenvalue weighted by Crippen LogP contribution is 2.22. The van der Waals surface area contributed by atoms with Gasteiger partial charge in [-0.05, 0) is 36.8 Å². The molecule has 0 aliphatic heterocycles. The normalized spacial score (nSPS) is 10.5. The maximum atomic E-state index is 12.5. The Morgan fingerprint density at radius 1 is 1.00 bits per heavy atom. The van der Waals surface area contributed by atoms with Crippen molar-refractivity contribution in [1.29, 1.82) is 0 Å². The molecule has 128 valence electrons. The molecule has 7 heteroatoms. The van der Waals surface area contributed by atoms with Gasteiger partial charge in [-0.1, -0.05) is 29.8 Å². The van der Waals surface area contributed by atoms with Crippen molar-refractivity contribution in [3.63, 3.8) is 0 Å². The average Bonchev–Trinajstić information content (AvgIpc) is 2.56.